The van der Waals surface area contributed by atoms with Crippen molar-refractivity contribution < 1.29 is 22.7 Å². The quantitative estimate of drug-likeness (QED) is 0.339. The third kappa shape index (κ3) is 5.40. The molecule has 2 aromatic heterocycles. The van der Waals surface area contributed by atoms with Crippen LogP contribution in [0.5, 0.6) is 5.75 Å². The van der Waals surface area contributed by atoms with E-state index in [1.165, 1.54) is 36.0 Å². The number of H-pyrrole nitrogens is 1. The van der Waals surface area contributed by atoms with Crippen molar-refractivity contribution in [1.82, 2.24) is 35.2 Å². The molecule has 1 aliphatic carbocycles. The van der Waals surface area contributed by atoms with Crippen LogP contribution in [-0.2, 0) is 13.5 Å². The van der Waals surface area contributed by atoms with Gasteiger partial charge in [-0.2, -0.15) is 23.4 Å². The molecule has 2 fully saturated rings. The van der Waals surface area contributed by atoms with E-state index in [0.29, 0.717) is 41.5 Å². The Morgan fingerprint density at radius 1 is 1.20 bits per heavy atom. The number of ether oxygens (including phenoxy) is 1. The highest BCUT2D eigenvalue weighted by Gasteiger charge is 2.35. The number of aromatic nitrogens is 5. The minimum atomic E-state index is -4.26. The minimum absolute atomic E-state index is 0.155. The number of carbonyl (C=O) groups excluding carboxylic acids is 1. The van der Waals surface area contributed by atoms with Crippen molar-refractivity contribution in [2.24, 2.45) is 7.05 Å². The molecule has 1 aliphatic heterocycles. The fourth-order valence-corrected chi connectivity index (χ4v) is 5.58. The Morgan fingerprint density at radius 3 is 2.77 bits per heavy atom. The predicted octanol–water partition coefficient (Wildman–Crippen LogP) is 4.20. The standard InChI is InChI=1S/C28H30F3N7O2/c1-37-24(12-17-6-8-22-21(13-32-35-22)25(17)16-3-4-16)34-26(36-37)18-5-7-20(23(11-18)40-2)27(39)33-19-9-10-38(14-19)15-28(29,30)31/h5-8,11,13,16,19H,3-4,9-10,12,14-15H2,1-2H3,(H,32,35)(H,33,39). The number of fused-ring (bicyclic) bond motifs is 1. The van der Waals surface area contributed by atoms with E-state index in [1.54, 1.807) is 22.9 Å². The average Bonchev–Trinajstić information content (AvgIpc) is 3.28. The molecule has 1 unspecified atom stereocenters. The Hall–Kier alpha value is -3.93. The van der Waals surface area contributed by atoms with Gasteiger partial charge in [0, 0.05) is 43.5 Å². The maximum absolute atomic E-state index is 13.0. The molecule has 12 heteroatoms. The summed E-state index contributed by atoms with van der Waals surface area (Å²) in [5.74, 6) is 1.82. The summed E-state index contributed by atoms with van der Waals surface area (Å²) >= 11 is 0. The highest BCUT2D eigenvalue weighted by Crippen LogP contribution is 2.45. The number of aryl methyl sites for hydroxylation is 1. The number of nitrogens with zero attached hydrogens (tertiary/aromatic N) is 5. The highest BCUT2D eigenvalue weighted by atomic mass is 19.4. The molecular weight excluding hydrogens is 523 g/mol. The molecule has 2 aromatic carbocycles. The highest BCUT2D eigenvalue weighted by molar-refractivity contribution is 5.97. The van der Waals surface area contributed by atoms with Crippen LogP contribution < -0.4 is 10.1 Å². The summed E-state index contributed by atoms with van der Waals surface area (Å²) in [6, 6.07) is 8.93. The van der Waals surface area contributed by atoms with Gasteiger partial charge in [-0.15, -0.1) is 0 Å². The average molecular weight is 554 g/mol. The molecule has 0 bridgehead atoms. The molecule has 40 heavy (non-hydrogen) atoms. The van der Waals surface area contributed by atoms with Crippen molar-refractivity contribution in [3.05, 3.63) is 59.0 Å². The fraction of sp³-hybridized carbons (Fsp3) is 0.429. The summed E-state index contributed by atoms with van der Waals surface area (Å²) in [6.45, 7) is -0.537. The second-order valence-electron chi connectivity index (χ2n) is 10.6. The predicted molar refractivity (Wildman–Crippen MR) is 142 cm³/mol. The normalized spacial score (nSPS) is 18.0. The van der Waals surface area contributed by atoms with E-state index in [0.717, 1.165) is 16.7 Å². The number of carbonyl (C=O) groups is 1. The molecule has 4 aromatic rings. The van der Waals surface area contributed by atoms with E-state index in [4.69, 9.17) is 9.72 Å². The number of alkyl halides is 3. The number of likely N-dealkylation sites (tertiary alicyclic amines) is 1. The lowest BCUT2D eigenvalue weighted by Crippen LogP contribution is -2.39. The minimum Gasteiger partial charge on any atom is -0.496 e. The Kier molecular flexibility index (Phi) is 6.73. The van der Waals surface area contributed by atoms with Gasteiger partial charge in [-0.25, -0.2) is 4.98 Å². The largest absolute Gasteiger partial charge is 0.496 e. The zero-order chi connectivity index (χ0) is 28.0. The van der Waals surface area contributed by atoms with Gasteiger partial charge in [0.25, 0.3) is 5.91 Å². The first kappa shape index (κ1) is 26.3. The number of methoxy groups -OCH3 is 1. The number of benzene rings is 2. The first-order chi connectivity index (χ1) is 19.2. The molecule has 0 radical (unpaired) electrons. The number of halogens is 3. The van der Waals surface area contributed by atoms with Gasteiger partial charge < -0.3 is 10.1 Å². The zero-order valence-corrected chi connectivity index (χ0v) is 22.3. The number of hydrogen-bond acceptors (Lipinski definition) is 6. The number of rotatable bonds is 8. The van der Waals surface area contributed by atoms with Crippen LogP contribution in [0, 0.1) is 0 Å². The molecule has 0 spiro atoms. The van der Waals surface area contributed by atoms with Crippen LogP contribution in [0.3, 0.4) is 0 Å². The molecule has 1 atom stereocenters. The Balaban J connectivity index is 1.19. The summed E-state index contributed by atoms with van der Waals surface area (Å²) < 4.78 is 45.4. The molecular formula is C28H30F3N7O2. The maximum atomic E-state index is 13.0. The summed E-state index contributed by atoms with van der Waals surface area (Å²) in [5, 5.41) is 15.9. The van der Waals surface area contributed by atoms with Crippen LogP contribution in [-0.4, -0.2) is 74.7 Å². The molecule has 1 saturated heterocycles. The molecule has 9 nitrogen and oxygen atoms in total. The van der Waals surface area contributed by atoms with Crippen LogP contribution in [0.2, 0.25) is 0 Å². The molecule has 1 amide bonds. The monoisotopic (exact) mass is 553 g/mol. The van der Waals surface area contributed by atoms with Gasteiger partial charge >= 0.3 is 6.18 Å². The van der Waals surface area contributed by atoms with E-state index in [9.17, 15) is 18.0 Å². The molecule has 6 rings (SSSR count). The molecule has 1 saturated carbocycles. The SMILES string of the molecule is COc1cc(-c2nc(Cc3ccc4[nH]ncc4c3C3CC3)n(C)n2)ccc1C(=O)NC1CCN(CC(F)(F)F)C1. The van der Waals surface area contributed by atoms with Gasteiger partial charge in [0.2, 0.25) is 0 Å². The lowest BCUT2D eigenvalue weighted by atomic mass is 9.96. The van der Waals surface area contributed by atoms with Crippen molar-refractivity contribution in [2.45, 2.75) is 43.8 Å². The lowest BCUT2D eigenvalue weighted by molar-refractivity contribution is -0.143. The first-order valence-corrected chi connectivity index (χ1v) is 13.3. The van der Waals surface area contributed by atoms with Crippen LogP contribution >= 0.6 is 0 Å². The van der Waals surface area contributed by atoms with Crippen molar-refractivity contribution >= 4 is 16.8 Å². The van der Waals surface area contributed by atoms with Gasteiger partial charge in [0.15, 0.2) is 5.82 Å². The van der Waals surface area contributed by atoms with Gasteiger partial charge in [0.05, 0.1) is 30.9 Å². The maximum Gasteiger partial charge on any atom is 0.401 e. The zero-order valence-electron chi connectivity index (χ0n) is 22.3. The number of amides is 1. The fourth-order valence-electron chi connectivity index (χ4n) is 5.58. The summed E-state index contributed by atoms with van der Waals surface area (Å²) in [7, 11) is 3.33. The van der Waals surface area contributed by atoms with Crippen LogP contribution in [0.25, 0.3) is 22.3 Å². The molecule has 2 aliphatic rings. The Morgan fingerprint density at radius 2 is 2.02 bits per heavy atom. The first-order valence-electron chi connectivity index (χ1n) is 13.3. The number of nitrogens with one attached hydrogen (secondary N) is 2. The second kappa shape index (κ2) is 10.2. The van der Waals surface area contributed by atoms with E-state index < -0.39 is 12.7 Å². The molecule has 3 heterocycles. The summed E-state index contributed by atoms with van der Waals surface area (Å²) in [4.78, 5) is 19.1. The lowest BCUT2D eigenvalue weighted by Gasteiger charge is -2.18. The van der Waals surface area contributed by atoms with Gasteiger partial charge in [-0.1, -0.05) is 12.1 Å². The third-order valence-corrected chi connectivity index (χ3v) is 7.66. The van der Waals surface area contributed by atoms with Gasteiger partial charge in [0.1, 0.15) is 11.6 Å². The van der Waals surface area contributed by atoms with Gasteiger partial charge in [-0.3, -0.25) is 19.5 Å². The van der Waals surface area contributed by atoms with E-state index in [1.807, 2.05) is 13.2 Å². The van der Waals surface area contributed by atoms with Crippen molar-refractivity contribution in [3.8, 4) is 17.1 Å². The third-order valence-electron chi connectivity index (χ3n) is 7.66. The number of hydrogen-bond donors (Lipinski definition) is 2. The van der Waals surface area contributed by atoms with Crippen LogP contribution in [0.1, 0.15) is 52.5 Å². The van der Waals surface area contributed by atoms with E-state index in [2.05, 4.69) is 32.7 Å². The topological polar surface area (TPSA) is 101 Å². The van der Waals surface area contributed by atoms with E-state index in [-0.39, 0.29) is 25.0 Å². The summed E-state index contributed by atoms with van der Waals surface area (Å²) in [5.41, 5.74) is 4.58. The Bertz CT molecular complexity index is 1560. The molecule has 210 valence electrons. The Labute approximate surface area is 228 Å². The van der Waals surface area contributed by atoms with Crippen LogP contribution in [0.15, 0.2) is 36.5 Å². The van der Waals surface area contributed by atoms with Crippen LogP contribution in [0.4, 0.5) is 13.2 Å². The smallest absolute Gasteiger partial charge is 0.401 e. The number of aromatic amines is 1. The second-order valence-corrected chi connectivity index (χ2v) is 10.6. The van der Waals surface area contributed by atoms with Crippen molar-refractivity contribution in [2.75, 3.05) is 26.7 Å². The molecule has 2 N–H and O–H groups in total. The van der Waals surface area contributed by atoms with Crippen molar-refractivity contribution in [3.63, 3.8) is 0 Å². The van der Waals surface area contributed by atoms with E-state index >= 15 is 0 Å². The van der Waals surface area contributed by atoms with Gasteiger partial charge in [-0.05, 0) is 54.5 Å². The van der Waals surface area contributed by atoms with Crippen molar-refractivity contribution in [1.29, 1.82) is 0 Å². The summed E-state index contributed by atoms with van der Waals surface area (Å²) in [6.07, 6.45) is 1.06.